The van der Waals surface area contributed by atoms with Gasteiger partial charge in [0.1, 0.15) is 11.9 Å². The van der Waals surface area contributed by atoms with Crippen molar-refractivity contribution in [3.05, 3.63) is 11.5 Å². The third-order valence-electron chi connectivity index (χ3n) is 1.99. The molecule has 2 aliphatic rings. The lowest BCUT2D eigenvalue weighted by atomic mass is 10.5. The number of hydrogen-bond donors (Lipinski definition) is 3. The van der Waals surface area contributed by atoms with E-state index in [2.05, 4.69) is 10.4 Å². The molecule has 0 amide bonds. The van der Waals surface area contributed by atoms with Crippen molar-refractivity contribution in [3.63, 3.8) is 0 Å². The van der Waals surface area contributed by atoms with Gasteiger partial charge in [0.15, 0.2) is 12.8 Å². The zero-order valence-corrected chi connectivity index (χ0v) is 7.00. The maximum atomic E-state index is 5.67. The van der Waals surface area contributed by atoms with E-state index < -0.39 is 0 Å². The second-order valence-corrected chi connectivity index (χ2v) is 2.83. The van der Waals surface area contributed by atoms with E-state index in [0.717, 1.165) is 17.4 Å². The molecule has 0 aromatic rings. The first kappa shape index (κ1) is 7.57. The van der Waals surface area contributed by atoms with E-state index in [1.54, 1.807) is 6.21 Å². The van der Waals surface area contributed by atoms with Crippen LogP contribution in [-0.2, 0) is 4.74 Å². The minimum absolute atomic E-state index is 0.0657. The fourth-order valence-electron chi connectivity index (χ4n) is 1.45. The van der Waals surface area contributed by atoms with Crippen molar-refractivity contribution >= 4 is 6.21 Å². The summed E-state index contributed by atoms with van der Waals surface area (Å²) in [6, 6.07) is 0. The van der Waals surface area contributed by atoms with Gasteiger partial charge in [0.2, 0.25) is 0 Å². The van der Waals surface area contributed by atoms with E-state index in [1.807, 2.05) is 6.92 Å². The summed E-state index contributed by atoms with van der Waals surface area (Å²) in [4.78, 5) is 0. The van der Waals surface area contributed by atoms with Crippen LogP contribution in [0.1, 0.15) is 6.92 Å². The normalized spacial score (nSPS) is 32.4. The van der Waals surface area contributed by atoms with Gasteiger partial charge >= 0.3 is 0 Å². The molecular weight excluding hydrogens is 156 g/mol. The Morgan fingerprint density at radius 2 is 2.75 bits per heavy atom. The molecule has 1 fully saturated rings. The number of fused-ring (bicyclic) bond motifs is 1. The molecule has 2 unspecified atom stereocenters. The maximum Gasteiger partial charge on any atom is 0.254 e. The molecule has 4 N–H and O–H groups in total. The number of ether oxygens (including phenoxy) is 1. The molecule has 2 atom stereocenters. The summed E-state index contributed by atoms with van der Waals surface area (Å²) >= 11 is 0. The number of quaternary nitrogens is 1. The standard InChI is InChI=1S/C7H12N4O/c1-2-12-6-4-11-7(10-6)5(8)3-9-11/h3,6,10H,2,4,8H2,1H3/p+1. The van der Waals surface area contributed by atoms with E-state index in [9.17, 15) is 0 Å². The lowest BCUT2D eigenvalue weighted by Gasteiger charge is -2.05. The number of rotatable bonds is 2. The van der Waals surface area contributed by atoms with Gasteiger partial charge in [-0.15, -0.1) is 0 Å². The minimum atomic E-state index is 0.0657. The zero-order chi connectivity index (χ0) is 8.55. The number of nitrogens with two attached hydrogens (primary N) is 1. The lowest BCUT2D eigenvalue weighted by molar-refractivity contribution is -0.857. The molecule has 0 bridgehead atoms. The Labute approximate surface area is 70.9 Å². The second kappa shape index (κ2) is 2.76. The first-order valence-electron chi connectivity index (χ1n) is 4.09. The Morgan fingerprint density at radius 3 is 3.42 bits per heavy atom. The first-order chi connectivity index (χ1) is 5.81. The number of nitrogens with zero attached hydrogens (tertiary/aromatic N) is 1. The van der Waals surface area contributed by atoms with Crippen LogP contribution in [0.4, 0.5) is 0 Å². The van der Waals surface area contributed by atoms with Crippen molar-refractivity contribution in [1.82, 2.24) is 5.32 Å². The predicted octanol–water partition coefficient (Wildman–Crippen LogP) is -2.04. The molecule has 66 valence electrons. The average Bonchev–Trinajstić information content (AvgIpc) is 2.55. The van der Waals surface area contributed by atoms with Crippen molar-refractivity contribution in [3.8, 4) is 0 Å². The molecule has 2 heterocycles. The second-order valence-electron chi connectivity index (χ2n) is 2.83. The summed E-state index contributed by atoms with van der Waals surface area (Å²) in [6.45, 7) is 3.50. The van der Waals surface area contributed by atoms with E-state index in [1.165, 1.54) is 0 Å². The molecule has 0 saturated carbocycles. The molecule has 2 aliphatic heterocycles. The molecule has 12 heavy (non-hydrogen) atoms. The Morgan fingerprint density at radius 1 is 1.92 bits per heavy atom. The van der Waals surface area contributed by atoms with Gasteiger partial charge in [0.05, 0.1) is 0 Å². The van der Waals surface area contributed by atoms with Gasteiger partial charge in [-0.1, -0.05) is 5.10 Å². The van der Waals surface area contributed by atoms with E-state index >= 15 is 0 Å². The summed E-state index contributed by atoms with van der Waals surface area (Å²) in [5.74, 6) is 0.952. The smallest absolute Gasteiger partial charge is 0.254 e. The molecule has 2 rings (SSSR count). The van der Waals surface area contributed by atoms with Crippen LogP contribution in [0.25, 0.3) is 0 Å². The molecule has 1 saturated heterocycles. The molecule has 0 spiro atoms. The van der Waals surface area contributed by atoms with Crippen LogP contribution in [0.2, 0.25) is 0 Å². The van der Waals surface area contributed by atoms with Crippen molar-refractivity contribution < 1.29 is 9.75 Å². The van der Waals surface area contributed by atoms with Crippen molar-refractivity contribution in [2.75, 3.05) is 13.2 Å². The monoisotopic (exact) mass is 169 g/mol. The largest absolute Gasteiger partial charge is 0.391 e. The zero-order valence-electron chi connectivity index (χ0n) is 7.00. The molecule has 0 aromatic carbocycles. The van der Waals surface area contributed by atoms with Gasteiger partial charge in [-0.25, -0.2) is 0 Å². The lowest BCUT2D eigenvalue weighted by Crippen LogP contribution is -3.03. The summed E-state index contributed by atoms with van der Waals surface area (Å²) < 4.78 is 5.39. The van der Waals surface area contributed by atoms with E-state index in [4.69, 9.17) is 10.5 Å². The van der Waals surface area contributed by atoms with Crippen LogP contribution in [0.3, 0.4) is 0 Å². The topological polar surface area (TPSA) is 64.1 Å². The Kier molecular flexibility index (Phi) is 1.74. The van der Waals surface area contributed by atoms with Gasteiger partial charge in [0.25, 0.3) is 5.82 Å². The third-order valence-corrected chi connectivity index (χ3v) is 1.99. The average molecular weight is 169 g/mol. The highest BCUT2D eigenvalue weighted by Crippen LogP contribution is 2.00. The first-order valence-corrected chi connectivity index (χ1v) is 4.09. The summed E-state index contributed by atoms with van der Waals surface area (Å²) in [5.41, 5.74) is 6.38. The molecular formula is C7H13N4O+. The molecule has 5 nitrogen and oxygen atoms in total. The van der Waals surface area contributed by atoms with Crippen LogP contribution in [0.5, 0.6) is 0 Å². The Balaban J connectivity index is 2.04. The van der Waals surface area contributed by atoms with Gasteiger partial charge in [-0.3, -0.25) is 0 Å². The number of nitrogens with one attached hydrogen (secondary N) is 2. The van der Waals surface area contributed by atoms with Crippen molar-refractivity contribution in [2.24, 2.45) is 10.8 Å². The predicted molar refractivity (Wildman–Crippen MR) is 44.1 cm³/mol. The highest BCUT2D eigenvalue weighted by Gasteiger charge is 2.36. The summed E-state index contributed by atoms with van der Waals surface area (Å²) in [7, 11) is 0. The molecule has 0 aromatic heterocycles. The van der Waals surface area contributed by atoms with Crippen molar-refractivity contribution in [1.29, 1.82) is 0 Å². The maximum absolute atomic E-state index is 5.67. The fraction of sp³-hybridized carbons (Fsp3) is 0.571. The molecule has 0 aliphatic carbocycles. The van der Waals surface area contributed by atoms with Crippen LogP contribution < -0.4 is 16.1 Å². The number of hydrogen-bond acceptors (Lipinski definition) is 4. The SMILES string of the molecule is CCOC1C[NH+]2N=CC(N)=C2N1. The summed E-state index contributed by atoms with van der Waals surface area (Å²) in [6.07, 6.45) is 1.75. The van der Waals surface area contributed by atoms with Gasteiger partial charge in [-0.05, 0) is 6.92 Å². The highest BCUT2D eigenvalue weighted by atomic mass is 16.5. The Bertz CT molecular complexity index is 248. The highest BCUT2D eigenvalue weighted by molar-refractivity contribution is 5.78. The fourth-order valence-corrected chi connectivity index (χ4v) is 1.45. The van der Waals surface area contributed by atoms with Crippen LogP contribution in [0.15, 0.2) is 16.6 Å². The van der Waals surface area contributed by atoms with Crippen molar-refractivity contribution in [2.45, 2.75) is 13.2 Å². The minimum Gasteiger partial charge on any atom is -0.391 e. The number of allylic oxidation sites excluding steroid dienone is 1. The molecule has 0 radical (unpaired) electrons. The van der Waals surface area contributed by atoms with Crippen LogP contribution in [0, 0.1) is 0 Å². The third kappa shape index (κ3) is 1.07. The summed E-state index contributed by atoms with van der Waals surface area (Å²) in [5, 5.41) is 8.35. The van der Waals surface area contributed by atoms with E-state index in [0.29, 0.717) is 12.3 Å². The van der Waals surface area contributed by atoms with E-state index in [-0.39, 0.29) is 6.23 Å². The van der Waals surface area contributed by atoms with Crippen LogP contribution in [-0.4, -0.2) is 25.6 Å². The van der Waals surface area contributed by atoms with Gasteiger partial charge in [-0.2, -0.15) is 5.01 Å². The van der Waals surface area contributed by atoms with Crippen LogP contribution >= 0.6 is 0 Å². The van der Waals surface area contributed by atoms with Gasteiger partial charge in [0, 0.05) is 6.61 Å². The quantitative estimate of drug-likeness (QED) is 0.446. The Hall–Kier alpha value is -1.07. The molecule has 5 heteroatoms. The van der Waals surface area contributed by atoms with Gasteiger partial charge < -0.3 is 15.8 Å².